The molecule has 1 saturated heterocycles. The van der Waals surface area contributed by atoms with E-state index in [1.54, 1.807) is 0 Å². The summed E-state index contributed by atoms with van der Waals surface area (Å²) in [5, 5.41) is 0.641. The van der Waals surface area contributed by atoms with Crippen molar-refractivity contribution in [3.05, 3.63) is 35.4 Å². The van der Waals surface area contributed by atoms with Crippen LogP contribution in [-0.2, 0) is 21.8 Å². The predicted molar refractivity (Wildman–Crippen MR) is 61.7 cm³/mol. The van der Waals surface area contributed by atoms with Gasteiger partial charge in [0.05, 0.1) is 18.5 Å². The van der Waals surface area contributed by atoms with Crippen molar-refractivity contribution < 1.29 is 9.47 Å². The maximum atomic E-state index is 5.65. The first kappa shape index (κ1) is 11.1. The molecular weight excluding hydrogens is 258 g/mol. The Morgan fingerprint density at radius 2 is 1.80 bits per heavy atom. The average molecular weight is 272 g/mol. The summed E-state index contributed by atoms with van der Waals surface area (Å²) in [7, 11) is 0. The van der Waals surface area contributed by atoms with Crippen LogP contribution in [0.4, 0.5) is 0 Å². The summed E-state index contributed by atoms with van der Waals surface area (Å²) in [5.41, 5.74) is 7.70. The van der Waals surface area contributed by atoms with Crippen molar-refractivity contribution in [2.45, 2.75) is 12.3 Å². The van der Waals surface area contributed by atoms with Gasteiger partial charge in [0.1, 0.15) is 0 Å². The standard InChI is InChI=1S/C11H14BrNO2/c12-8-11(14-5-6-15-11)10-3-1-9(7-13)2-4-10/h1-4H,5-8,13H2. The lowest BCUT2D eigenvalue weighted by Crippen LogP contribution is -2.28. The lowest BCUT2D eigenvalue weighted by Gasteiger charge is -2.25. The van der Waals surface area contributed by atoms with Crippen LogP contribution in [0.5, 0.6) is 0 Å². The molecule has 0 atom stereocenters. The zero-order valence-electron chi connectivity index (χ0n) is 8.41. The molecule has 0 aromatic heterocycles. The summed E-state index contributed by atoms with van der Waals surface area (Å²) in [5.74, 6) is -0.604. The van der Waals surface area contributed by atoms with E-state index in [2.05, 4.69) is 15.9 Å². The van der Waals surface area contributed by atoms with E-state index < -0.39 is 5.79 Å². The molecule has 2 N–H and O–H groups in total. The van der Waals surface area contributed by atoms with Crippen molar-refractivity contribution in [3.8, 4) is 0 Å². The van der Waals surface area contributed by atoms with E-state index in [1.807, 2.05) is 24.3 Å². The van der Waals surface area contributed by atoms with Crippen LogP contribution in [0.25, 0.3) is 0 Å². The minimum atomic E-state index is -0.604. The summed E-state index contributed by atoms with van der Waals surface area (Å²) in [6.07, 6.45) is 0. The summed E-state index contributed by atoms with van der Waals surface area (Å²) in [6, 6.07) is 8.03. The molecule has 1 fully saturated rings. The second-order valence-corrected chi connectivity index (χ2v) is 4.05. The Hall–Kier alpha value is -0.420. The van der Waals surface area contributed by atoms with Crippen molar-refractivity contribution in [2.75, 3.05) is 18.5 Å². The third kappa shape index (κ3) is 2.08. The van der Waals surface area contributed by atoms with E-state index in [-0.39, 0.29) is 0 Å². The molecule has 0 bridgehead atoms. The van der Waals surface area contributed by atoms with Gasteiger partial charge in [-0.3, -0.25) is 0 Å². The van der Waals surface area contributed by atoms with Crippen LogP contribution in [-0.4, -0.2) is 18.5 Å². The Bertz CT molecular complexity index is 320. The van der Waals surface area contributed by atoms with Gasteiger partial charge in [0.2, 0.25) is 5.79 Å². The minimum Gasteiger partial charge on any atom is -0.343 e. The molecule has 3 nitrogen and oxygen atoms in total. The SMILES string of the molecule is NCc1ccc(C2(CBr)OCCO2)cc1. The van der Waals surface area contributed by atoms with E-state index in [1.165, 1.54) is 0 Å². The molecule has 82 valence electrons. The van der Waals surface area contributed by atoms with Crippen LogP contribution in [0.1, 0.15) is 11.1 Å². The summed E-state index contributed by atoms with van der Waals surface area (Å²) in [6.45, 7) is 1.85. The number of hydrogen-bond acceptors (Lipinski definition) is 3. The fourth-order valence-corrected chi connectivity index (χ4v) is 2.32. The van der Waals surface area contributed by atoms with Crippen LogP contribution in [0.15, 0.2) is 24.3 Å². The third-order valence-electron chi connectivity index (χ3n) is 2.56. The number of nitrogens with two attached hydrogens (primary N) is 1. The molecule has 0 aliphatic carbocycles. The van der Waals surface area contributed by atoms with Gasteiger partial charge >= 0.3 is 0 Å². The predicted octanol–water partition coefficient (Wildman–Crippen LogP) is 1.74. The highest BCUT2D eigenvalue weighted by molar-refractivity contribution is 9.09. The van der Waals surface area contributed by atoms with Gasteiger partial charge in [-0.05, 0) is 5.56 Å². The van der Waals surface area contributed by atoms with Crippen LogP contribution in [0, 0.1) is 0 Å². The van der Waals surface area contributed by atoms with Crippen LogP contribution >= 0.6 is 15.9 Å². The van der Waals surface area contributed by atoms with Gasteiger partial charge in [0, 0.05) is 12.1 Å². The molecule has 4 heteroatoms. The number of benzene rings is 1. The number of ether oxygens (including phenoxy) is 2. The van der Waals surface area contributed by atoms with Gasteiger partial charge in [-0.1, -0.05) is 40.2 Å². The molecule has 15 heavy (non-hydrogen) atoms. The third-order valence-corrected chi connectivity index (χ3v) is 3.30. The highest BCUT2D eigenvalue weighted by Gasteiger charge is 2.37. The number of hydrogen-bond donors (Lipinski definition) is 1. The first-order valence-corrected chi connectivity index (χ1v) is 6.06. The number of alkyl halides is 1. The fraction of sp³-hybridized carbons (Fsp3) is 0.455. The van der Waals surface area contributed by atoms with E-state index >= 15 is 0 Å². The van der Waals surface area contributed by atoms with E-state index in [4.69, 9.17) is 15.2 Å². The lowest BCUT2D eigenvalue weighted by molar-refractivity contribution is -0.144. The highest BCUT2D eigenvalue weighted by atomic mass is 79.9. The minimum absolute atomic E-state index is 0.559. The zero-order valence-corrected chi connectivity index (χ0v) is 10.00. The molecule has 1 aliphatic rings. The Morgan fingerprint density at radius 1 is 1.20 bits per heavy atom. The molecule has 1 aromatic rings. The molecule has 1 aromatic carbocycles. The smallest absolute Gasteiger partial charge is 0.204 e. The fourth-order valence-electron chi connectivity index (χ4n) is 1.67. The van der Waals surface area contributed by atoms with Crippen molar-refractivity contribution in [3.63, 3.8) is 0 Å². The van der Waals surface area contributed by atoms with Crippen LogP contribution in [0.3, 0.4) is 0 Å². The van der Waals surface area contributed by atoms with Crippen LogP contribution < -0.4 is 5.73 Å². The summed E-state index contributed by atoms with van der Waals surface area (Å²) < 4.78 is 11.3. The van der Waals surface area contributed by atoms with Crippen molar-refractivity contribution in [1.82, 2.24) is 0 Å². The van der Waals surface area contributed by atoms with E-state index in [9.17, 15) is 0 Å². The van der Waals surface area contributed by atoms with Crippen molar-refractivity contribution >= 4 is 15.9 Å². The van der Waals surface area contributed by atoms with Crippen LogP contribution in [0.2, 0.25) is 0 Å². The van der Waals surface area contributed by atoms with Gasteiger partial charge in [0.15, 0.2) is 0 Å². The highest BCUT2D eigenvalue weighted by Crippen LogP contribution is 2.33. The number of halogens is 1. The molecule has 0 amide bonds. The van der Waals surface area contributed by atoms with Gasteiger partial charge in [-0.15, -0.1) is 0 Å². The monoisotopic (exact) mass is 271 g/mol. The molecule has 0 spiro atoms. The van der Waals surface area contributed by atoms with E-state index in [0.717, 1.165) is 11.1 Å². The summed E-state index contributed by atoms with van der Waals surface area (Å²) >= 11 is 3.43. The largest absolute Gasteiger partial charge is 0.343 e. The Balaban J connectivity index is 2.26. The molecule has 0 radical (unpaired) electrons. The topological polar surface area (TPSA) is 44.5 Å². The van der Waals surface area contributed by atoms with Crippen molar-refractivity contribution in [1.29, 1.82) is 0 Å². The zero-order chi connectivity index (χ0) is 10.7. The quantitative estimate of drug-likeness (QED) is 0.852. The van der Waals surface area contributed by atoms with Gasteiger partial charge in [-0.2, -0.15) is 0 Å². The maximum absolute atomic E-state index is 5.65. The van der Waals surface area contributed by atoms with Gasteiger partial charge in [0.25, 0.3) is 0 Å². The average Bonchev–Trinajstić information content (AvgIpc) is 2.79. The first-order valence-electron chi connectivity index (χ1n) is 4.94. The summed E-state index contributed by atoms with van der Waals surface area (Å²) in [4.78, 5) is 0. The Labute approximate surface area is 97.7 Å². The molecular formula is C11H14BrNO2. The molecule has 2 rings (SSSR count). The Kier molecular flexibility index (Phi) is 3.41. The molecule has 0 unspecified atom stereocenters. The normalized spacial score (nSPS) is 19.3. The molecule has 1 heterocycles. The van der Waals surface area contributed by atoms with Crippen molar-refractivity contribution in [2.24, 2.45) is 5.73 Å². The lowest BCUT2D eigenvalue weighted by atomic mass is 10.1. The second kappa shape index (κ2) is 4.61. The van der Waals surface area contributed by atoms with Gasteiger partial charge < -0.3 is 15.2 Å². The van der Waals surface area contributed by atoms with E-state index in [0.29, 0.717) is 25.1 Å². The Morgan fingerprint density at radius 3 is 2.27 bits per heavy atom. The second-order valence-electron chi connectivity index (χ2n) is 3.48. The maximum Gasteiger partial charge on any atom is 0.204 e. The number of rotatable bonds is 3. The first-order chi connectivity index (χ1) is 7.30. The molecule has 1 aliphatic heterocycles. The van der Waals surface area contributed by atoms with Gasteiger partial charge in [-0.25, -0.2) is 0 Å². The molecule has 0 saturated carbocycles.